The van der Waals surface area contributed by atoms with Gasteiger partial charge in [0, 0.05) is 56.5 Å². The topological polar surface area (TPSA) is 40.5 Å². The minimum Gasteiger partial charge on any atom is -0.396 e. The molecule has 0 saturated heterocycles. The van der Waals surface area contributed by atoms with Gasteiger partial charge < -0.3 is 10.2 Å². The van der Waals surface area contributed by atoms with Crippen molar-refractivity contribution in [2.45, 2.75) is 10.5 Å². The SMILES string of the molecule is OCCS[C@H](CS)CSCCSC[C@H](CS)SCCO. The average molecular weight is 395 g/mol. The second kappa shape index (κ2) is 17.4. The second-order valence-electron chi connectivity index (χ2n) is 3.95. The molecule has 0 aliphatic heterocycles. The molecule has 20 heavy (non-hydrogen) atoms. The van der Waals surface area contributed by atoms with Crippen LogP contribution in [0.1, 0.15) is 0 Å². The van der Waals surface area contributed by atoms with E-state index in [4.69, 9.17) is 10.2 Å². The number of hydrogen-bond acceptors (Lipinski definition) is 8. The molecule has 8 heteroatoms. The van der Waals surface area contributed by atoms with Crippen LogP contribution in [0.4, 0.5) is 0 Å². The van der Waals surface area contributed by atoms with Gasteiger partial charge in [0.1, 0.15) is 0 Å². The van der Waals surface area contributed by atoms with Gasteiger partial charge in [0.15, 0.2) is 0 Å². The fourth-order valence-corrected chi connectivity index (χ4v) is 7.01. The van der Waals surface area contributed by atoms with E-state index in [1.54, 1.807) is 0 Å². The summed E-state index contributed by atoms with van der Waals surface area (Å²) in [5, 5.41) is 18.7. The molecule has 0 aromatic rings. The van der Waals surface area contributed by atoms with Gasteiger partial charge in [-0.1, -0.05) is 0 Å². The van der Waals surface area contributed by atoms with E-state index in [9.17, 15) is 0 Å². The van der Waals surface area contributed by atoms with Crippen LogP contribution in [-0.2, 0) is 0 Å². The molecule has 0 fully saturated rings. The molecule has 0 aliphatic rings. The van der Waals surface area contributed by atoms with Crippen LogP contribution >= 0.6 is 72.3 Å². The molecule has 0 spiro atoms. The Labute approximate surface area is 151 Å². The largest absolute Gasteiger partial charge is 0.396 e. The predicted octanol–water partition coefficient (Wildman–Crippen LogP) is 2.50. The molecule has 0 heterocycles. The summed E-state index contributed by atoms with van der Waals surface area (Å²) in [6, 6.07) is 0. The minimum atomic E-state index is 0.256. The fourth-order valence-electron chi connectivity index (χ4n) is 1.29. The zero-order chi connectivity index (χ0) is 15.1. The molecule has 0 saturated carbocycles. The highest BCUT2D eigenvalue weighted by atomic mass is 32.2. The van der Waals surface area contributed by atoms with Gasteiger partial charge in [-0.25, -0.2) is 0 Å². The van der Waals surface area contributed by atoms with Crippen molar-refractivity contribution in [3.63, 3.8) is 0 Å². The number of hydrogen-bond donors (Lipinski definition) is 4. The molecular weight excluding hydrogens is 369 g/mol. The van der Waals surface area contributed by atoms with Crippen molar-refractivity contribution in [3.05, 3.63) is 0 Å². The Balaban J connectivity index is 3.45. The molecule has 0 amide bonds. The van der Waals surface area contributed by atoms with Gasteiger partial charge in [-0.15, -0.1) is 0 Å². The van der Waals surface area contributed by atoms with E-state index in [1.165, 1.54) is 11.5 Å². The summed E-state index contributed by atoms with van der Waals surface area (Å²) in [5.41, 5.74) is 0. The Morgan fingerprint density at radius 1 is 0.700 bits per heavy atom. The van der Waals surface area contributed by atoms with Crippen LogP contribution < -0.4 is 0 Å². The second-order valence-corrected chi connectivity index (χ2v) is 9.79. The molecule has 122 valence electrons. The van der Waals surface area contributed by atoms with Gasteiger partial charge in [0.05, 0.1) is 13.2 Å². The van der Waals surface area contributed by atoms with E-state index in [-0.39, 0.29) is 13.2 Å². The molecule has 2 N–H and O–H groups in total. The Bertz CT molecular complexity index is 179. The normalized spacial score (nSPS) is 14.4. The first-order valence-corrected chi connectivity index (χ1v) is 12.3. The van der Waals surface area contributed by atoms with Crippen molar-refractivity contribution in [3.8, 4) is 0 Å². The lowest BCUT2D eigenvalue weighted by atomic mass is 10.5. The first kappa shape index (κ1) is 22.0. The number of thioether (sulfide) groups is 4. The van der Waals surface area contributed by atoms with Crippen LogP contribution in [0.5, 0.6) is 0 Å². The van der Waals surface area contributed by atoms with Crippen molar-refractivity contribution in [2.24, 2.45) is 0 Å². The highest BCUT2D eigenvalue weighted by Crippen LogP contribution is 2.21. The third kappa shape index (κ3) is 13.7. The van der Waals surface area contributed by atoms with E-state index in [0.29, 0.717) is 10.5 Å². The molecule has 2 nitrogen and oxygen atoms in total. The lowest BCUT2D eigenvalue weighted by Gasteiger charge is -2.14. The molecule has 2 atom stereocenters. The Morgan fingerprint density at radius 3 is 1.40 bits per heavy atom. The predicted molar refractivity (Wildman–Crippen MR) is 109 cm³/mol. The Kier molecular flexibility index (Phi) is 19.1. The van der Waals surface area contributed by atoms with E-state index < -0.39 is 0 Å². The standard InChI is InChI=1S/C12H26O2S6/c13-1-3-19-11(7-15)9-17-5-6-18-10-12(8-16)20-4-2-14/h11-16H,1-10H2/t11-,12+. The molecule has 0 aromatic heterocycles. The lowest BCUT2D eigenvalue weighted by molar-refractivity contribution is 0.322. The van der Waals surface area contributed by atoms with E-state index >= 15 is 0 Å². The zero-order valence-corrected chi connectivity index (χ0v) is 16.7. The average Bonchev–Trinajstić information content (AvgIpc) is 2.48. The van der Waals surface area contributed by atoms with Crippen molar-refractivity contribution in [1.29, 1.82) is 0 Å². The lowest BCUT2D eigenvalue weighted by Crippen LogP contribution is -2.12. The summed E-state index contributed by atoms with van der Waals surface area (Å²) in [6.07, 6.45) is 0. The van der Waals surface area contributed by atoms with Crippen LogP contribution in [0, 0.1) is 0 Å². The van der Waals surface area contributed by atoms with Crippen LogP contribution in [0.25, 0.3) is 0 Å². The zero-order valence-electron chi connectivity index (χ0n) is 11.6. The van der Waals surface area contributed by atoms with Crippen LogP contribution in [0.2, 0.25) is 0 Å². The molecule has 0 bridgehead atoms. The fraction of sp³-hybridized carbons (Fsp3) is 1.00. The number of rotatable bonds is 15. The van der Waals surface area contributed by atoms with Gasteiger partial charge >= 0.3 is 0 Å². The first-order chi connectivity index (χ1) is 9.78. The third-order valence-electron chi connectivity index (χ3n) is 2.28. The van der Waals surface area contributed by atoms with E-state index in [1.807, 2.05) is 47.0 Å². The molecule has 0 aromatic carbocycles. The minimum absolute atomic E-state index is 0.256. The summed E-state index contributed by atoms with van der Waals surface area (Å²) in [5.74, 6) is 7.94. The maximum Gasteiger partial charge on any atom is 0.0521 e. The number of aliphatic hydroxyl groups is 2. The summed E-state index contributed by atoms with van der Waals surface area (Å²) < 4.78 is 0. The van der Waals surface area contributed by atoms with E-state index in [2.05, 4.69) is 25.3 Å². The quantitative estimate of drug-likeness (QED) is 0.253. The Hall–Kier alpha value is 2.02. The molecule has 0 rings (SSSR count). The van der Waals surface area contributed by atoms with Gasteiger partial charge in [0.2, 0.25) is 0 Å². The number of thiol groups is 2. The first-order valence-electron chi connectivity index (χ1n) is 6.60. The monoisotopic (exact) mass is 394 g/mol. The maximum atomic E-state index is 8.81. The van der Waals surface area contributed by atoms with Crippen LogP contribution in [-0.4, -0.2) is 79.9 Å². The Morgan fingerprint density at radius 2 is 1.10 bits per heavy atom. The van der Waals surface area contributed by atoms with Crippen LogP contribution in [0.3, 0.4) is 0 Å². The summed E-state index contributed by atoms with van der Waals surface area (Å²) in [7, 11) is 0. The van der Waals surface area contributed by atoms with Gasteiger partial charge in [-0.2, -0.15) is 72.3 Å². The molecule has 0 radical (unpaired) electrons. The summed E-state index contributed by atoms with van der Waals surface area (Å²) in [6.45, 7) is 0.512. The van der Waals surface area contributed by atoms with E-state index in [0.717, 1.165) is 34.5 Å². The highest BCUT2D eigenvalue weighted by molar-refractivity contribution is 8.06. The molecular formula is C12H26O2S6. The third-order valence-corrected chi connectivity index (χ3v) is 9.04. The summed E-state index contributed by atoms with van der Waals surface area (Å²) >= 11 is 16.3. The van der Waals surface area contributed by atoms with Gasteiger partial charge in [-0.05, 0) is 0 Å². The molecule has 0 aliphatic carbocycles. The van der Waals surface area contributed by atoms with Crippen molar-refractivity contribution < 1.29 is 10.2 Å². The van der Waals surface area contributed by atoms with Gasteiger partial charge in [0.25, 0.3) is 0 Å². The smallest absolute Gasteiger partial charge is 0.0521 e. The van der Waals surface area contributed by atoms with Crippen molar-refractivity contribution in [2.75, 3.05) is 59.2 Å². The van der Waals surface area contributed by atoms with Crippen molar-refractivity contribution in [1.82, 2.24) is 0 Å². The van der Waals surface area contributed by atoms with Crippen molar-refractivity contribution >= 4 is 72.3 Å². The summed E-state index contributed by atoms with van der Waals surface area (Å²) in [4.78, 5) is 0. The number of aliphatic hydroxyl groups excluding tert-OH is 2. The van der Waals surface area contributed by atoms with Crippen LogP contribution in [0.15, 0.2) is 0 Å². The highest BCUT2D eigenvalue weighted by Gasteiger charge is 2.08. The molecule has 0 unspecified atom stereocenters. The maximum absolute atomic E-state index is 8.81. The van der Waals surface area contributed by atoms with Gasteiger partial charge in [-0.3, -0.25) is 0 Å².